The summed E-state index contributed by atoms with van der Waals surface area (Å²) in [4.78, 5) is 17.5. The summed E-state index contributed by atoms with van der Waals surface area (Å²) in [5, 5.41) is 3.58. The average molecular weight is 447 g/mol. The number of carbonyl (C=O) groups is 1. The van der Waals surface area contributed by atoms with Gasteiger partial charge >= 0.3 is 0 Å². The molecule has 0 radical (unpaired) electrons. The van der Waals surface area contributed by atoms with Gasteiger partial charge < -0.3 is 9.88 Å². The van der Waals surface area contributed by atoms with Crippen molar-refractivity contribution in [2.45, 2.75) is 37.4 Å². The Morgan fingerprint density at radius 3 is 2.53 bits per heavy atom. The summed E-state index contributed by atoms with van der Waals surface area (Å²) in [5.74, 6) is -0.247. The lowest BCUT2D eigenvalue weighted by molar-refractivity contribution is -0.116. The van der Waals surface area contributed by atoms with Crippen molar-refractivity contribution in [3.63, 3.8) is 0 Å². The van der Waals surface area contributed by atoms with Crippen LogP contribution in [0.25, 0.3) is 11.0 Å². The zero-order chi connectivity index (χ0) is 21.9. The highest BCUT2D eigenvalue weighted by Crippen LogP contribution is 2.25. The summed E-state index contributed by atoms with van der Waals surface area (Å²) in [6, 6.07) is 12.6. The molecular formula is C21H26N4O3S2. The average Bonchev–Trinajstić information content (AvgIpc) is 3.07. The van der Waals surface area contributed by atoms with Crippen molar-refractivity contribution in [3.8, 4) is 0 Å². The Morgan fingerprint density at radius 2 is 1.87 bits per heavy atom. The predicted octanol–water partition coefficient (Wildman–Crippen LogP) is 3.74. The van der Waals surface area contributed by atoms with Crippen LogP contribution in [0.5, 0.6) is 0 Å². The van der Waals surface area contributed by atoms with Gasteiger partial charge in [-0.1, -0.05) is 43.8 Å². The van der Waals surface area contributed by atoms with Gasteiger partial charge in [0.15, 0.2) is 5.16 Å². The molecule has 3 aromatic rings. The monoisotopic (exact) mass is 446 g/mol. The first-order valence-corrected chi connectivity index (χ1v) is 12.4. The second-order valence-corrected chi connectivity index (χ2v) is 9.47. The maximum atomic E-state index is 12.9. The molecule has 2 aromatic carbocycles. The van der Waals surface area contributed by atoms with Crippen molar-refractivity contribution in [1.29, 1.82) is 0 Å². The summed E-state index contributed by atoms with van der Waals surface area (Å²) < 4.78 is 29.1. The number of para-hydroxylation sites is 2. The maximum absolute atomic E-state index is 12.9. The molecule has 0 saturated heterocycles. The van der Waals surface area contributed by atoms with Gasteiger partial charge in [0.25, 0.3) is 0 Å². The third-order valence-corrected chi connectivity index (χ3v) is 7.77. The zero-order valence-electron chi connectivity index (χ0n) is 17.5. The minimum Gasteiger partial charge on any atom is -0.324 e. The Balaban J connectivity index is 1.87. The van der Waals surface area contributed by atoms with E-state index in [4.69, 9.17) is 0 Å². The number of carbonyl (C=O) groups excluding carboxylic acids is 1. The van der Waals surface area contributed by atoms with Crippen molar-refractivity contribution in [2.24, 2.45) is 0 Å². The molecule has 0 aliphatic rings. The van der Waals surface area contributed by atoms with E-state index in [0.717, 1.165) is 16.2 Å². The van der Waals surface area contributed by atoms with Crippen LogP contribution >= 0.6 is 11.8 Å². The molecule has 0 aliphatic carbocycles. The molecule has 0 atom stereocenters. The first kappa shape index (κ1) is 22.3. The highest BCUT2D eigenvalue weighted by Gasteiger charge is 2.24. The minimum atomic E-state index is -3.62. The lowest BCUT2D eigenvalue weighted by Crippen LogP contribution is -2.31. The van der Waals surface area contributed by atoms with Gasteiger partial charge in [-0.3, -0.25) is 4.79 Å². The molecule has 9 heteroatoms. The number of benzene rings is 2. The van der Waals surface area contributed by atoms with E-state index in [-0.39, 0.29) is 17.3 Å². The summed E-state index contributed by atoms with van der Waals surface area (Å²) in [6.07, 6.45) is 1.92. The number of aryl methyl sites for hydroxylation is 1. The van der Waals surface area contributed by atoms with Crippen LogP contribution in [-0.2, 0) is 21.4 Å². The molecule has 0 unspecified atom stereocenters. The number of rotatable bonds is 8. The number of hydrogen-bond acceptors (Lipinski definition) is 5. The number of sulfonamides is 1. The first-order valence-electron chi connectivity index (χ1n) is 9.71. The molecule has 7 nitrogen and oxygen atoms in total. The van der Waals surface area contributed by atoms with Crippen LogP contribution in [0.3, 0.4) is 0 Å². The van der Waals surface area contributed by atoms with E-state index in [2.05, 4.69) is 10.3 Å². The lowest BCUT2D eigenvalue weighted by Gasteiger charge is -2.20. The van der Waals surface area contributed by atoms with Crippen molar-refractivity contribution >= 4 is 44.4 Å². The second kappa shape index (κ2) is 9.20. The van der Waals surface area contributed by atoms with Crippen LogP contribution in [0.4, 0.5) is 5.69 Å². The third-order valence-electron chi connectivity index (χ3n) is 4.90. The molecule has 3 rings (SSSR count). The highest BCUT2D eigenvalue weighted by molar-refractivity contribution is 7.98. The lowest BCUT2D eigenvalue weighted by atomic mass is 10.2. The van der Waals surface area contributed by atoms with Crippen LogP contribution in [0, 0.1) is 6.92 Å². The highest BCUT2D eigenvalue weighted by atomic mass is 32.2. The van der Waals surface area contributed by atoms with Crippen molar-refractivity contribution < 1.29 is 13.2 Å². The quantitative estimate of drug-likeness (QED) is 0.533. The Hall–Kier alpha value is -2.36. The Kier molecular flexibility index (Phi) is 6.84. The molecule has 0 bridgehead atoms. The maximum Gasteiger partial charge on any atom is 0.244 e. The molecule has 0 saturated carbocycles. The summed E-state index contributed by atoms with van der Waals surface area (Å²) in [5.41, 5.74) is 2.81. The Morgan fingerprint density at radius 1 is 1.17 bits per heavy atom. The van der Waals surface area contributed by atoms with Gasteiger partial charge in [0, 0.05) is 18.8 Å². The SMILES string of the molecule is CCN(CC)S(=O)(=O)c1cc(NC(=O)Cn2c(SC)nc3ccccc32)ccc1C. The van der Waals surface area contributed by atoms with Gasteiger partial charge in [0.05, 0.1) is 15.9 Å². The van der Waals surface area contributed by atoms with E-state index in [1.165, 1.54) is 22.1 Å². The van der Waals surface area contributed by atoms with Crippen LogP contribution < -0.4 is 5.32 Å². The van der Waals surface area contributed by atoms with E-state index in [9.17, 15) is 13.2 Å². The summed E-state index contributed by atoms with van der Waals surface area (Å²) in [6.45, 7) is 6.23. The van der Waals surface area contributed by atoms with E-state index in [1.54, 1.807) is 32.9 Å². The molecule has 1 heterocycles. The third kappa shape index (κ3) is 4.38. The standard InChI is InChI=1S/C21H26N4O3S2/c1-5-24(6-2)30(27,28)19-13-16(12-11-15(19)3)22-20(26)14-25-18-10-8-7-9-17(18)23-21(25)29-4/h7-13H,5-6,14H2,1-4H3,(H,22,26). The Labute approximate surface area is 181 Å². The van der Waals surface area contributed by atoms with Crippen LogP contribution in [-0.4, -0.2) is 47.5 Å². The fraction of sp³-hybridized carbons (Fsp3) is 0.333. The second-order valence-electron chi connectivity index (χ2n) is 6.79. The molecule has 1 N–H and O–H groups in total. The van der Waals surface area contributed by atoms with Crippen LogP contribution in [0.2, 0.25) is 0 Å². The largest absolute Gasteiger partial charge is 0.324 e. The summed E-state index contributed by atoms with van der Waals surface area (Å²) >= 11 is 1.47. The van der Waals surface area contributed by atoms with Gasteiger partial charge in [-0.2, -0.15) is 4.31 Å². The fourth-order valence-electron chi connectivity index (χ4n) is 3.36. The van der Waals surface area contributed by atoms with Crippen LogP contribution in [0.1, 0.15) is 19.4 Å². The van der Waals surface area contributed by atoms with Crippen molar-refractivity contribution in [2.75, 3.05) is 24.7 Å². The molecule has 1 aromatic heterocycles. The van der Waals surface area contributed by atoms with Gasteiger partial charge in [0.2, 0.25) is 15.9 Å². The topological polar surface area (TPSA) is 84.3 Å². The first-order chi connectivity index (χ1) is 14.3. The molecule has 0 aliphatic heterocycles. The summed E-state index contributed by atoms with van der Waals surface area (Å²) in [7, 11) is -3.62. The normalized spacial score (nSPS) is 11.9. The predicted molar refractivity (Wildman–Crippen MR) is 121 cm³/mol. The number of hydrogen-bond donors (Lipinski definition) is 1. The number of amides is 1. The molecule has 160 valence electrons. The molecule has 0 fully saturated rings. The van der Waals surface area contributed by atoms with E-state index < -0.39 is 10.0 Å². The smallest absolute Gasteiger partial charge is 0.244 e. The molecule has 1 amide bonds. The minimum absolute atomic E-state index is 0.0860. The zero-order valence-corrected chi connectivity index (χ0v) is 19.2. The van der Waals surface area contributed by atoms with E-state index >= 15 is 0 Å². The molecular weight excluding hydrogens is 420 g/mol. The Bertz CT molecular complexity index is 1170. The van der Waals surface area contributed by atoms with E-state index in [0.29, 0.717) is 24.3 Å². The number of nitrogens with zero attached hydrogens (tertiary/aromatic N) is 3. The van der Waals surface area contributed by atoms with E-state index in [1.807, 2.05) is 35.1 Å². The number of aromatic nitrogens is 2. The number of thioether (sulfide) groups is 1. The molecule has 30 heavy (non-hydrogen) atoms. The van der Waals surface area contributed by atoms with Gasteiger partial charge in [0.1, 0.15) is 6.54 Å². The van der Waals surface area contributed by atoms with Gasteiger partial charge in [-0.05, 0) is 43.0 Å². The number of fused-ring (bicyclic) bond motifs is 1. The van der Waals surface area contributed by atoms with Crippen molar-refractivity contribution in [3.05, 3.63) is 48.0 Å². The van der Waals surface area contributed by atoms with Gasteiger partial charge in [-0.15, -0.1) is 0 Å². The van der Waals surface area contributed by atoms with Gasteiger partial charge in [-0.25, -0.2) is 13.4 Å². The number of anilines is 1. The number of imidazole rings is 1. The molecule has 0 spiro atoms. The number of nitrogens with one attached hydrogen (secondary N) is 1. The fourth-order valence-corrected chi connectivity index (χ4v) is 5.65. The van der Waals surface area contributed by atoms with Crippen molar-refractivity contribution in [1.82, 2.24) is 13.9 Å². The van der Waals surface area contributed by atoms with Crippen LogP contribution in [0.15, 0.2) is 52.5 Å².